The van der Waals surface area contributed by atoms with E-state index in [1.807, 2.05) is 6.07 Å². The van der Waals surface area contributed by atoms with Crippen molar-refractivity contribution in [1.29, 1.82) is 0 Å². The Hall–Kier alpha value is -1.94. The van der Waals surface area contributed by atoms with Gasteiger partial charge in [0.2, 0.25) is 0 Å². The normalized spacial score (nSPS) is 45.4. The molecule has 0 bridgehead atoms. The number of halogens is 1. The van der Waals surface area contributed by atoms with Crippen molar-refractivity contribution < 1.29 is 14.3 Å². The quantitative estimate of drug-likeness (QED) is 0.371. The lowest BCUT2D eigenvalue weighted by Gasteiger charge is -2.72. The minimum Gasteiger partial charge on any atom is -0.478 e. The Morgan fingerprint density at radius 3 is 2.35 bits per heavy atom. The highest BCUT2D eigenvalue weighted by molar-refractivity contribution is 5.88. The van der Waals surface area contributed by atoms with Crippen LogP contribution in [0.5, 0.6) is 0 Å². The number of carboxylic acids is 1. The molecular formula is C36H50FNO2. The van der Waals surface area contributed by atoms with Crippen LogP contribution in [0.25, 0.3) is 5.57 Å². The molecule has 0 spiro atoms. The first kappa shape index (κ1) is 28.2. The minimum absolute atomic E-state index is 0.0198. The first-order valence-corrected chi connectivity index (χ1v) is 15.8. The van der Waals surface area contributed by atoms with Gasteiger partial charge in [0.1, 0.15) is 5.82 Å². The molecule has 0 aromatic heterocycles. The minimum atomic E-state index is -1.22. The molecule has 1 aromatic carbocycles. The second kappa shape index (κ2) is 8.79. The van der Waals surface area contributed by atoms with Crippen LogP contribution in [0.15, 0.2) is 36.4 Å². The lowest BCUT2D eigenvalue weighted by molar-refractivity contribution is -0.217. The molecule has 218 valence electrons. The molecular weight excluding hydrogens is 497 g/mol. The predicted molar refractivity (Wildman–Crippen MR) is 160 cm³/mol. The Balaban J connectivity index is 1.37. The highest BCUT2D eigenvalue weighted by Crippen LogP contribution is 2.76. The van der Waals surface area contributed by atoms with Crippen LogP contribution in [0.2, 0.25) is 0 Å². The number of aromatic carboxylic acids is 1. The zero-order valence-electron chi connectivity index (χ0n) is 25.6. The van der Waals surface area contributed by atoms with Gasteiger partial charge < -0.3 is 10.8 Å². The van der Waals surface area contributed by atoms with Crippen molar-refractivity contribution in [2.45, 2.75) is 105 Å². The van der Waals surface area contributed by atoms with Crippen LogP contribution < -0.4 is 5.73 Å². The number of allylic oxidation sites excluding steroid dienone is 3. The molecule has 0 saturated heterocycles. The predicted octanol–water partition coefficient (Wildman–Crippen LogP) is 8.89. The molecule has 4 fully saturated rings. The second-order valence-corrected chi connectivity index (χ2v) is 16.0. The Morgan fingerprint density at radius 1 is 0.975 bits per heavy atom. The summed E-state index contributed by atoms with van der Waals surface area (Å²) in [5, 5.41) is 9.34. The molecule has 0 heterocycles. The van der Waals surface area contributed by atoms with Crippen molar-refractivity contribution in [1.82, 2.24) is 0 Å². The molecule has 0 unspecified atom stereocenters. The summed E-state index contributed by atoms with van der Waals surface area (Å²) in [6, 6.07) is 4.68. The summed E-state index contributed by atoms with van der Waals surface area (Å²) in [6.45, 7) is 19.2. The largest absolute Gasteiger partial charge is 0.478 e. The first-order chi connectivity index (χ1) is 18.6. The fraction of sp³-hybridized carbons (Fsp3) is 0.694. The summed E-state index contributed by atoms with van der Waals surface area (Å²) < 4.78 is 14.8. The van der Waals surface area contributed by atoms with E-state index in [9.17, 15) is 14.3 Å². The molecule has 3 nitrogen and oxygen atoms in total. The molecule has 0 aliphatic heterocycles. The van der Waals surface area contributed by atoms with E-state index in [2.05, 4.69) is 54.2 Å². The number of benzene rings is 1. The topological polar surface area (TPSA) is 63.3 Å². The van der Waals surface area contributed by atoms with Gasteiger partial charge in [0, 0.05) is 5.54 Å². The molecule has 1 aromatic rings. The third-order valence-corrected chi connectivity index (χ3v) is 14.2. The van der Waals surface area contributed by atoms with E-state index in [0.717, 1.165) is 24.8 Å². The van der Waals surface area contributed by atoms with Gasteiger partial charge >= 0.3 is 5.97 Å². The van der Waals surface area contributed by atoms with Crippen LogP contribution in [-0.2, 0) is 0 Å². The zero-order valence-corrected chi connectivity index (χ0v) is 25.6. The fourth-order valence-corrected chi connectivity index (χ4v) is 12.2. The van der Waals surface area contributed by atoms with Crippen LogP contribution in [0, 0.1) is 57.1 Å². The van der Waals surface area contributed by atoms with Gasteiger partial charge in [-0.1, -0.05) is 58.9 Å². The van der Waals surface area contributed by atoms with Gasteiger partial charge in [-0.15, -0.1) is 0 Å². The van der Waals surface area contributed by atoms with Crippen molar-refractivity contribution >= 4 is 11.5 Å². The standard InChI is InChI=1S/C36H50FNO2/c1-21(2)23-12-17-36(38)19-18-34(6)26(30(23)36)10-11-29-33(5)15-13-25(22-8-9-24(31(39)40)27(37)20-22)32(3,4)28(33)14-16-35(29,34)7/h8-9,13,20,23,26,28-30H,1,10-12,14-19,38H2,2-7H3,(H,39,40)/t23-,26+,28-,29+,30+,33-,34+,35+,36-/m0/s1. The first-order valence-electron chi connectivity index (χ1n) is 15.8. The maximum absolute atomic E-state index is 14.8. The van der Waals surface area contributed by atoms with Crippen molar-refractivity contribution in [3.05, 3.63) is 53.4 Å². The Labute approximate surface area is 240 Å². The summed E-state index contributed by atoms with van der Waals surface area (Å²) in [6.07, 6.45) is 13.1. The Kier molecular flexibility index (Phi) is 6.19. The number of rotatable bonds is 3. The Morgan fingerprint density at radius 2 is 1.70 bits per heavy atom. The maximum Gasteiger partial charge on any atom is 0.338 e. The van der Waals surface area contributed by atoms with E-state index >= 15 is 0 Å². The highest BCUT2D eigenvalue weighted by atomic mass is 19.1. The third-order valence-electron chi connectivity index (χ3n) is 14.2. The van der Waals surface area contributed by atoms with Crippen molar-refractivity contribution in [3.63, 3.8) is 0 Å². The molecule has 0 amide bonds. The van der Waals surface area contributed by atoms with Crippen LogP contribution in [0.1, 0.15) is 115 Å². The molecule has 5 aliphatic carbocycles. The number of hydrogen-bond acceptors (Lipinski definition) is 2. The fourth-order valence-electron chi connectivity index (χ4n) is 12.2. The molecule has 40 heavy (non-hydrogen) atoms. The molecule has 0 radical (unpaired) electrons. The number of fused-ring (bicyclic) bond motifs is 7. The van der Waals surface area contributed by atoms with E-state index in [1.54, 1.807) is 0 Å². The van der Waals surface area contributed by atoms with E-state index < -0.39 is 11.8 Å². The average Bonchev–Trinajstić information content (AvgIpc) is 3.22. The van der Waals surface area contributed by atoms with Gasteiger partial charge in [0.25, 0.3) is 0 Å². The highest BCUT2D eigenvalue weighted by Gasteiger charge is 2.70. The molecule has 9 atom stereocenters. The SMILES string of the molecule is C=C(C)[C@@H]1CC[C@]2(N)CC[C@]3(C)[C@H](CC[C@@H]4[C@@]5(C)CC=C(c6ccc(C(=O)O)c(F)c6)C(C)(C)[C@@H]5CC[C@]43C)[C@@H]12. The number of hydrogen-bond donors (Lipinski definition) is 2. The van der Waals surface area contributed by atoms with Gasteiger partial charge in [-0.25, -0.2) is 9.18 Å². The number of carboxylic acid groups (broad SMARTS) is 1. The average molecular weight is 548 g/mol. The van der Waals surface area contributed by atoms with E-state index in [1.165, 1.54) is 61.8 Å². The van der Waals surface area contributed by atoms with Crippen molar-refractivity contribution in [2.24, 2.45) is 57.0 Å². The van der Waals surface area contributed by atoms with Crippen LogP contribution in [-0.4, -0.2) is 16.6 Å². The van der Waals surface area contributed by atoms with Crippen LogP contribution in [0.3, 0.4) is 0 Å². The second-order valence-electron chi connectivity index (χ2n) is 16.0. The van der Waals surface area contributed by atoms with Gasteiger partial charge in [-0.2, -0.15) is 0 Å². The monoisotopic (exact) mass is 547 g/mol. The Bertz CT molecular complexity index is 1300. The third kappa shape index (κ3) is 3.53. The van der Waals surface area contributed by atoms with Crippen LogP contribution >= 0.6 is 0 Å². The maximum atomic E-state index is 14.8. The molecule has 5 aliphatic rings. The lowest BCUT2D eigenvalue weighted by atomic mass is 9.33. The van der Waals surface area contributed by atoms with Crippen molar-refractivity contribution in [2.75, 3.05) is 0 Å². The van der Waals surface area contributed by atoms with Gasteiger partial charge in [-0.3, -0.25) is 0 Å². The smallest absolute Gasteiger partial charge is 0.338 e. The zero-order chi connectivity index (χ0) is 29.0. The van der Waals surface area contributed by atoms with Gasteiger partial charge in [0.05, 0.1) is 5.56 Å². The summed E-state index contributed by atoms with van der Waals surface area (Å²) in [5.41, 5.74) is 10.9. The van der Waals surface area contributed by atoms with Gasteiger partial charge in [0.15, 0.2) is 0 Å². The summed E-state index contributed by atoms with van der Waals surface area (Å²) in [7, 11) is 0. The van der Waals surface area contributed by atoms with Crippen molar-refractivity contribution in [3.8, 4) is 0 Å². The molecule has 4 saturated carbocycles. The molecule has 4 heteroatoms. The summed E-state index contributed by atoms with van der Waals surface area (Å²) in [5.74, 6) is 1.05. The molecule has 3 N–H and O–H groups in total. The number of carbonyl (C=O) groups is 1. The van der Waals surface area contributed by atoms with E-state index in [4.69, 9.17) is 5.73 Å². The summed E-state index contributed by atoms with van der Waals surface area (Å²) >= 11 is 0. The van der Waals surface area contributed by atoms with E-state index in [0.29, 0.717) is 29.6 Å². The summed E-state index contributed by atoms with van der Waals surface area (Å²) in [4.78, 5) is 11.4. The number of nitrogens with two attached hydrogens (primary N) is 1. The molecule has 6 rings (SSSR count). The lowest BCUT2D eigenvalue weighted by Crippen LogP contribution is -2.67. The van der Waals surface area contributed by atoms with Crippen LogP contribution in [0.4, 0.5) is 4.39 Å². The van der Waals surface area contributed by atoms with Gasteiger partial charge in [-0.05, 0) is 139 Å². The van der Waals surface area contributed by atoms with E-state index in [-0.39, 0.29) is 32.8 Å².